The van der Waals surface area contributed by atoms with E-state index in [2.05, 4.69) is 14.9 Å². The van der Waals surface area contributed by atoms with Gasteiger partial charge in [-0.3, -0.25) is 0 Å². The van der Waals surface area contributed by atoms with Gasteiger partial charge in [0.15, 0.2) is 0 Å². The van der Waals surface area contributed by atoms with Gasteiger partial charge < -0.3 is 24.5 Å². The van der Waals surface area contributed by atoms with Crippen LogP contribution in [0.2, 0.25) is 0 Å². The molecule has 0 radical (unpaired) electrons. The zero-order valence-corrected chi connectivity index (χ0v) is 19.7. The summed E-state index contributed by atoms with van der Waals surface area (Å²) < 4.78 is 59.7. The predicted molar refractivity (Wildman–Crippen MR) is 123 cm³/mol. The first-order valence-corrected chi connectivity index (χ1v) is 10.6. The van der Waals surface area contributed by atoms with E-state index in [-0.39, 0.29) is 16.6 Å². The first-order valence-electron chi connectivity index (χ1n) is 10.6. The number of ether oxygens (including phenoxy) is 2. The summed E-state index contributed by atoms with van der Waals surface area (Å²) in [6, 6.07) is 10.4. The van der Waals surface area contributed by atoms with Crippen molar-refractivity contribution < 1.29 is 36.7 Å². The molecule has 0 saturated carbocycles. The van der Waals surface area contributed by atoms with Crippen LogP contribution in [0.5, 0.6) is 11.6 Å². The van der Waals surface area contributed by atoms with Gasteiger partial charge in [0.2, 0.25) is 0 Å². The van der Waals surface area contributed by atoms with E-state index in [0.29, 0.717) is 16.9 Å². The molecule has 8 nitrogen and oxygen atoms in total. The molecule has 0 bridgehead atoms. The summed E-state index contributed by atoms with van der Waals surface area (Å²) in [5.41, 5.74) is 7.09. The third-order valence-corrected chi connectivity index (χ3v) is 6.25. The summed E-state index contributed by atoms with van der Waals surface area (Å²) in [5, 5.41) is 7.73. The molecule has 4 rings (SSSR count). The van der Waals surface area contributed by atoms with Gasteiger partial charge in [-0.05, 0) is 56.9 Å². The lowest BCUT2D eigenvalue weighted by Gasteiger charge is -2.32. The Labute approximate surface area is 199 Å². The van der Waals surface area contributed by atoms with Crippen LogP contribution in [-0.2, 0) is 14.1 Å². The Kier molecular flexibility index (Phi) is 5.93. The van der Waals surface area contributed by atoms with Crippen LogP contribution < -0.4 is 20.7 Å². The molecule has 184 valence electrons. The maximum Gasteiger partial charge on any atom is 0.494 e. The lowest BCUT2D eigenvalue weighted by Crippen LogP contribution is -2.41. The topological polar surface area (TPSA) is 106 Å². The Hall–Kier alpha value is -3.38. The zero-order chi connectivity index (χ0) is 25.8. The number of benzene rings is 2. The van der Waals surface area contributed by atoms with Crippen LogP contribution >= 0.6 is 0 Å². The highest BCUT2D eigenvalue weighted by molar-refractivity contribution is 6.62. The van der Waals surface area contributed by atoms with E-state index in [1.807, 2.05) is 39.8 Å². The van der Waals surface area contributed by atoms with Crippen LogP contribution in [-0.4, -0.2) is 47.8 Å². The number of aromatic nitrogens is 2. The molecule has 1 aliphatic heterocycles. The van der Waals surface area contributed by atoms with Gasteiger partial charge in [0.05, 0.1) is 23.8 Å². The van der Waals surface area contributed by atoms with Crippen LogP contribution in [0.15, 0.2) is 36.4 Å². The maximum absolute atomic E-state index is 12.5. The van der Waals surface area contributed by atoms with Gasteiger partial charge in [-0.25, -0.2) is 4.79 Å². The van der Waals surface area contributed by atoms with Gasteiger partial charge >= 0.3 is 19.3 Å². The number of carbonyl (C=O) groups excluding carboxylic acids is 1. The van der Waals surface area contributed by atoms with E-state index in [9.17, 15) is 18.0 Å². The quantitative estimate of drug-likeness (QED) is 0.438. The maximum atomic E-state index is 12.5. The van der Waals surface area contributed by atoms with E-state index >= 15 is 0 Å². The van der Waals surface area contributed by atoms with Gasteiger partial charge in [-0.1, -0.05) is 18.2 Å². The number of alkyl halides is 3. The van der Waals surface area contributed by atoms with Gasteiger partial charge in [0, 0.05) is 10.9 Å². The monoisotopic (exact) mass is 489 g/mol. The van der Waals surface area contributed by atoms with Crippen LogP contribution in [0.3, 0.4) is 0 Å². The average molecular weight is 489 g/mol. The smallest absolute Gasteiger partial charge is 0.494 e. The molecule has 0 aliphatic carbocycles. The highest BCUT2D eigenvalue weighted by Gasteiger charge is 2.51. The highest BCUT2D eigenvalue weighted by Crippen LogP contribution is 2.38. The first-order chi connectivity index (χ1) is 16.2. The third kappa shape index (κ3) is 4.51. The molecule has 12 heteroatoms. The number of esters is 1. The lowest BCUT2D eigenvalue weighted by atomic mass is 9.77. The zero-order valence-electron chi connectivity index (χ0n) is 19.7. The van der Waals surface area contributed by atoms with Gasteiger partial charge in [-0.15, -0.1) is 10.2 Å². The van der Waals surface area contributed by atoms with Crippen molar-refractivity contribution in [1.82, 2.24) is 10.2 Å². The molecule has 1 fully saturated rings. The number of nitrogens with two attached hydrogens (primary N) is 1. The van der Waals surface area contributed by atoms with E-state index in [4.69, 9.17) is 19.8 Å². The van der Waals surface area contributed by atoms with E-state index in [1.54, 1.807) is 24.3 Å². The number of methoxy groups -OCH3 is 1. The van der Waals surface area contributed by atoms with Gasteiger partial charge in [0.25, 0.3) is 5.88 Å². The second kappa shape index (κ2) is 8.38. The summed E-state index contributed by atoms with van der Waals surface area (Å²) in [5.74, 6) is -2.58. The number of hydrogen-bond acceptors (Lipinski definition) is 8. The number of anilines is 1. The van der Waals surface area contributed by atoms with Crippen LogP contribution in [0.4, 0.5) is 18.9 Å². The number of fused-ring (bicyclic) bond motifs is 1. The van der Waals surface area contributed by atoms with E-state index in [0.717, 1.165) is 5.46 Å². The Morgan fingerprint density at radius 2 is 1.69 bits per heavy atom. The minimum atomic E-state index is -5.19. The second-order valence-electron chi connectivity index (χ2n) is 9.09. The number of carbonyl (C=O) groups is 1. The minimum absolute atomic E-state index is 0.239. The van der Waals surface area contributed by atoms with Crippen molar-refractivity contribution in [2.75, 3.05) is 12.8 Å². The molecule has 35 heavy (non-hydrogen) atoms. The van der Waals surface area contributed by atoms with Crippen molar-refractivity contribution in [2.24, 2.45) is 0 Å². The molecule has 0 unspecified atom stereocenters. The van der Waals surface area contributed by atoms with Crippen molar-refractivity contribution in [2.45, 2.75) is 45.1 Å². The Bertz CT molecular complexity index is 1300. The number of hydrogen-bond donors (Lipinski definition) is 1. The SMILES string of the molecule is COc1ccc(B2OC(C)(C)C(C)(C)O2)cc1-c1ccc2c(N)c(OC(=O)C(F)(F)F)nnc2c1. The Morgan fingerprint density at radius 3 is 2.29 bits per heavy atom. The number of nitrogens with zero attached hydrogens (tertiary/aromatic N) is 2. The lowest BCUT2D eigenvalue weighted by molar-refractivity contribution is -0.189. The summed E-state index contributed by atoms with van der Waals surface area (Å²) in [6.45, 7) is 7.85. The predicted octanol–water partition coefficient (Wildman–Crippen LogP) is 3.65. The largest absolute Gasteiger partial charge is 0.496 e. The molecule has 2 aromatic carbocycles. The van der Waals surface area contributed by atoms with Crippen LogP contribution in [0.1, 0.15) is 27.7 Å². The molecule has 1 aliphatic rings. The van der Waals surface area contributed by atoms with Crippen LogP contribution in [0.25, 0.3) is 22.0 Å². The Balaban J connectivity index is 1.71. The summed E-state index contributed by atoms with van der Waals surface area (Å²) in [4.78, 5) is 11.1. The third-order valence-electron chi connectivity index (χ3n) is 6.25. The number of nitrogen functional groups attached to an aromatic ring is 1. The molecule has 1 saturated heterocycles. The van der Waals surface area contributed by atoms with Gasteiger partial charge in [0.1, 0.15) is 11.4 Å². The fraction of sp³-hybridized carbons (Fsp3) is 0.348. The second-order valence-corrected chi connectivity index (χ2v) is 9.09. The fourth-order valence-corrected chi connectivity index (χ4v) is 3.58. The summed E-state index contributed by atoms with van der Waals surface area (Å²) >= 11 is 0. The summed E-state index contributed by atoms with van der Waals surface area (Å²) in [7, 11) is 0.944. The molecule has 3 aromatic rings. The Morgan fingerprint density at radius 1 is 1.03 bits per heavy atom. The average Bonchev–Trinajstić information content (AvgIpc) is 3.01. The summed E-state index contributed by atoms with van der Waals surface area (Å²) in [6.07, 6.45) is -5.19. The van der Waals surface area contributed by atoms with Crippen molar-refractivity contribution in [3.05, 3.63) is 36.4 Å². The number of rotatable bonds is 4. The molecule has 0 spiro atoms. The van der Waals surface area contributed by atoms with E-state index in [1.165, 1.54) is 7.11 Å². The van der Waals surface area contributed by atoms with Crippen molar-refractivity contribution in [3.63, 3.8) is 0 Å². The fourth-order valence-electron chi connectivity index (χ4n) is 3.58. The standard InChI is InChI=1S/C23H23BF3N3O5/c1-21(2)22(3,4)35-24(34-21)13-7-9-17(32-5)15(11-13)12-6-8-14-16(10-12)29-30-19(18(14)28)33-20(31)23(25,26)27/h6-11H,1-5H3,(H2,28,29). The van der Waals surface area contributed by atoms with Gasteiger partial charge in [-0.2, -0.15) is 13.2 Å². The minimum Gasteiger partial charge on any atom is -0.496 e. The molecule has 2 N–H and O–H groups in total. The van der Waals surface area contributed by atoms with Crippen LogP contribution in [0, 0.1) is 0 Å². The van der Waals surface area contributed by atoms with Crippen molar-refractivity contribution in [1.29, 1.82) is 0 Å². The molecule has 2 heterocycles. The highest BCUT2D eigenvalue weighted by atomic mass is 19.4. The molecule has 1 aromatic heterocycles. The molecule has 0 atom stereocenters. The van der Waals surface area contributed by atoms with Crippen molar-refractivity contribution in [3.8, 4) is 22.8 Å². The molecular formula is C23H23BF3N3O5. The van der Waals surface area contributed by atoms with Crippen molar-refractivity contribution >= 4 is 35.1 Å². The molecule has 0 amide bonds. The normalized spacial score (nSPS) is 17.0. The van der Waals surface area contributed by atoms with E-state index < -0.39 is 36.3 Å². The number of halogens is 3. The molecular weight excluding hydrogens is 466 g/mol. The first kappa shape index (κ1) is 24.7.